The normalized spacial score (nSPS) is 37.2. The summed E-state index contributed by atoms with van der Waals surface area (Å²) in [7, 11) is -0.248. The van der Waals surface area contributed by atoms with Crippen molar-refractivity contribution in [3.63, 3.8) is 0 Å². The van der Waals surface area contributed by atoms with E-state index in [1.54, 1.807) is 0 Å². The topological polar surface area (TPSA) is 38.7 Å². The quantitative estimate of drug-likeness (QED) is 0.447. The Morgan fingerprint density at radius 2 is 1.54 bits per heavy atom. The van der Waals surface area contributed by atoms with Gasteiger partial charge in [-0.1, -0.05) is 36.4 Å². The number of aryl methyl sites for hydroxylation is 1. The van der Waals surface area contributed by atoms with Crippen LogP contribution < -0.4 is 0 Å². The Balaban J connectivity index is 1.14. The highest BCUT2D eigenvalue weighted by molar-refractivity contribution is 6.55. The maximum atomic E-state index is 10.3. The average molecular weight is 499 g/mol. The van der Waals surface area contributed by atoms with Gasteiger partial charge in [0.25, 0.3) is 0 Å². The first-order valence-corrected chi connectivity index (χ1v) is 14.8. The fraction of sp³-hybridized carbons (Fsp3) is 0.636. The van der Waals surface area contributed by atoms with Crippen molar-refractivity contribution in [3.8, 4) is 0 Å². The van der Waals surface area contributed by atoms with Gasteiger partial charge in [-0.25, -0.2) is 0 Å². The third-order valence-corrected chi connectivity index (χ3v) is 11.5. The molecular weight excluding hydrogens is 455 g/mol. The van der Waals surface area contributed by atoms with E-state index in [2.05, 4.69) is 64.1 Å². The molecule has 6 aliphatic carbocycles. The van der Waals surface area contributed by atoms with Gasteiger partial charge in [0.1, 0.15) is 0 Å². The van der Waals surface area contributed by atoms with Crippen LogP contribution in [-0.2, 0) is 15.7 Å². The van der Waals surface area contributed by atoms with Gasteiger partial charge >= 0.3 is 7.12 Å². The van der Waals surface area contributed by atoms with Crippen LogP contribution in [0.25, 0.3) is 11.6 Å². The van der Waals surface area contributed by atoms with Crippen molar-refractivity contribution < 1.29 is 14.4 Å². The number of hydrogen-bond acceptors (Lipinski definition) is 3. The van der Waals surface area contributed by atoms with E-state index >= 15 is 0 Å². The second-order valence-electron chi connectivity index (χ2n) is 14.3. The maximum Gasteiger partial charge on any atom is 0.490 e. The largest absolute Gasteiger partial charge is 0.490 e. The molecule has 1 aromatic rings. The van der Waals surface area contributed by atoms with Gasteiger partial charge in [-0.2, -0.15) is 0 Å². The lowest BCUT2D eigenvalue weighted by atomic mass is 9.45. The van der Waals surface area contributed by atoms with Gasteiger partial charge in [-0.15, -0.1) is 0 Å². The summed E-state index contributed by atoms with van der Waals surface area (Å²) >= 11 is 0. The van der Waals surface area contributed by atoms with Crippen molar-refractivity contribution in [3.05, 3.63) is 58.1 Å². The second-order valence-corrected chi connectivity index (χ2v) is 14.3. The third-order valence-electron chi connectivity index (χ3n) is 11.5. The van der Waals surface area contributed by atoms with Gasteiger partial charge in [-0.3, -0.25) is 0 Å². The van der Waals surface area contributed by atoms with E-state index in [1.165, 1.54) is 71.8 Å². The minimum Gasteiger partial charge on any atom is -0.400 e. The summed E-state index contributed by atoms with van der Waals surface area (Å²) in [5.41, 5.74) is 7.94. The molecule has 0 aromatic heterocycles. The minimum absolute atomic E-state index is 0.215. The van der Waals surface area contributed by atoms with Crippen molar-refractivity contribution in [1.29, 1.82) is 0 Å². The molecular formula is C33H43BO3. The Morgan fingerprint density at radius 1 is 0.892 bits per heavy atom. The van der Waals surface area contributed by atoms with Crippen LogP contribution in [-0.4, -0.2) is 30.0 Å². The lowest BCUT2D eigenvalue weighted by Gasteiger charge is -2.60. The van der Waals surface area contributed by atoms with E-state index in [9.17, 15) is 5.11 Å². The zero-order valence-electron chi connectivity index (χ0n) is 23.2. The maximum absolute atomic E-state index is 10.3. The molecule has 1 heterocycles. The zero-order valence-corrected chi connectivity index (χ0v) is 23.2. The summed E-state index contributed by atoms with van der Waals surface area (Å²) in [4.78, 5) is 0. The Kier molecular flexibility index (Phi) is 5.57. The molecule has 5 fully saturated rings. The molecule has 37 heavy (non-hydrogen) atoms. The SMILES string of the molecule is CC1(C)OB(C2=Cc3ccc(C4=CC=C(CO)C(C56CC7CC(CC(C7)C5)C6)C4)cc3CC2)OC1(C)C. The predicted octanol–water partition coefficient (Wildman–Crippen LogP) is 7.19. The highest BCUT2D eigenvalue weighted by Gasteiger charge is 2.55. The van der Waals surface area contributed by atoms with Crippen molar-refractivity contribution in [2.45, 2.75) is 96.7 Å². The van der Waals surface area contributed by atoms with Crippen LogP contribution >= 0.6 is 0 Å². The number of hydrogen-bond donors (Lipinski definition) is 1. The van der Waals surface area contributed by atoms with Gasteiger partial charge in [0.05, 0.1) is 17.8 Å². The van der Waals surface area contributed by atoms with Crippen LogP contribution in [0.4, 0.5) is 0 Å². The third kappa shape index (κ3) is 3.96. The molecule has 7 aliphatic rings. The molecule has 4 bridgehead atoms. The lowest BCUT2D eigenvalue weighted by molar-refractivity contribution is -0.0794. The summed E-state index contributed by atoms with van der Waals surface area (Å²) in [5, 5.41) is 10.3. The number of allylic oxidation sites excluding steroid dienone is 4. The van der Waals surface area contributed by atoms with Crippen LogP contribution in [0.15, 0.2) is 41.4 Å². The van der Waals surface area contributed by atoms with E-state index < -0.39 is 0 Å². The molecule has 1 atom stereocenters. The van der Waals surface area contributed by atoms with Crippen molar-refractivity contribution in [2.75, 3.05) is 6.61 Å². The molecule has 1 N–H and O–H groups in total. The lowest BCUT2D eigenvalue weighted by Crippen LogP contribution is -2.50. The summed E-state index contributed by atoms with van der Waals surface area (Å²) in [6.45, 7) is 8.72. The van der Waals surface area contributed by atoms with Crippen molar-refractivity contribution in [2.24, 2.45) is 29.1 Å². The Hall–Kier alpha value is -1.62. The van der Waals surface area contributed by atoms with Gasteiger partial charge < -0.3 is 14.4 Å². The summed E-state index contributed by atoms with van der Waals surface area (Å²) in [5.74, 6) is 3.33. The highest BCUT2D eigenvalue weighted by Crippen LogP contribution is 2.65. The Labute approximate surface area is 223 Å². The van der Waals surface area contributed by atoms with E-state index in [-0.39, 0.29) is 24.9 Å². The molecule has 1 aliphatic heterocycles. The highest BCUT2D eigenvalue weighted by atomic mass is 16.7. The van der Waals surface area contributed by atoms with E-state index in [4.69, 9.17) is 9.31 Å². The number of aliphatic hydroxyl groups excluding tert-OH is 1. The van der Waals surface area contributed by atoms with Gasteiger partial charge in [-0.05, 0) is 148 Å². The van der Waals surface area contributed by atoms with Gasteiger partial charge in [0.15, 0.2) is 0 Å². The summed E-state index contributed by atoms with van der Waals surface area (Å²) in [6, 6.07) is 7.07. The Morgan fingerprint density at radius 3 is 2.16 bits per heavy atom. The first kappa shape index (κ1) is 24.4. The average Bonchev–Trinajstić information content (AvgIpc) is 3.08. The molecule has 4 heteroatoms. The number of rotatable bonds is 4. The molecule has 3 nitrogen and oxygen atoms in total. The Bertz CT molecular complexity index is 1150. The molecule has 1 unspecified atom stereocenters. The van der Waals surface area contributed by atoms with Crippen molar-refractivity contribution in [1.82, 2.24) is 0 Å². The monoisotopic (exact) mass is 498 g/mol. The minimum atomic E-state index is -0.301. The molecule has 0 spiro atoms. The number of aliphatic hydroxyl groups is 1. The van der Waals surface area contributed by atoms with Crippen LogP contribution in [0.3, 0.4) is 0 Å². The smallest absolute Gasteiger partial charge is 0.400 e. The summed E-state index contributed by atoms with van der Waals surface area (Å²) < 4.78 is 12.7. The second kappa shape index (κ2) is 8.44. The first-order valence-electron chi connectivity index (χ1n) is 14.8. The number of fused-ring (bicyclic) bond motifs is 1. The molecule has 0 radical (unpaired) electrons. The fourth-order valence-electron chi connectivity index (χ4n) is 9.23. The fourth-order valence-corrected chi connectivity index (χ4v) is 9.23. The molecule has 0 amide bonds. The van der Waals surface area contributed by atoms with Crippen molar-refractivity contribution >= 4 is 18.8 Å². The van der Waals surface area contributed by atoms with Gasteiger partial charge in [0, 0.05) is 0 Å². The summed E-state index contributed by atoms with van der Waals surface area (Å²) in [6.07, 6.45) is 18.6. The van der Waals surface area contributed by atoms with E-state index in [0.29, 0.717) is 11.3 Å². The van der Waals surface area contributed by atoms with Crippen LogP contribution in [0.1, 0.15) is 95.8 Å². The molecule has 1 saturated heterocycles. The standard InChI is InChI=1S/C33H43BO3/c1-31(2)32(3,4)37-34(36-31)29-10-9-25-14-24(5-6-26(25)15-29)27-7-8-28(20-35)30(16-27)33-17-21-11-22(18-33)13-23(12-21)19-33/h5-8,14-15,21-23,30,35H,9-13,16-20H2,1-4H3. The van der Waals surface area contributed by atoms with Crippen LogP contribution in [0.2, 0.25) is 0 Å². The van der Waals surface area contributed by atoms with Gasteiger partial charge in [0.2, 0.25) is 0 Å². The number of benzene rings is 1. The van der Waals surface area contributed by atoms with E-state index in [0.717, 1.165) is 37.0 Å². The molecule has 8 rings (SSSR count). The first-order chi connectivity index (χ1) is 17.6. The van der Waals surface area contributed by atoms with Crippen LogP contribution in [0, 0.1) is 29.1 Å². The van der Waals surface area contributed by atoms with Crippen LogP contribution in [0.5, 0.6) is 0 Å². The molecule has 196 valence electrons. The molecule has 1 aromatic carbocycles. The zero-order chi connectivity index (χ0) is 25.6. The van der Waals surface area contributed by atoms with E-state index in [1.807, 2.05) is 0 Å². The molecule has 4 saturated carbocycles. The predicted molar refractivity (Wildman–Crippen MR) is 151 cm³/mol.